The predicted octanol–water partition coefficient (Wildman–Crippen LogP) is 5.06. The van der Waals surface area contributed by atoms with Gasteiger partial charge in [-0.3, -0.25) is 4.72 Å². The minimum atomic E-state index is -3.84. The van der Waals surface area contributed by atoms with Crippen LogP contribution in [0.4, 0.5) is 30.2 Å². The molecule has 0 saturated heterocycles. The van der Waals surface area contributed by atoms with E-state index in [2.05, 4.69) is 10.0 Å². The second-order valence-electron chi connectivity index (χ2n) is 6.49. The third-order valence-electron chi connectivity index (χ3n) is 4.69. The Morgan fingerprint density at radius 2 is 1.82 bits per heavy atom. The molecule has 0 aliphatic heterocycles. The molecule has 0 aromatic heterocycles. The van der Waals surface area contributed by atoms with Crippen molar-refractivity contribution in [1.29, 1.82) is 0 Å². The highest BCUT2D eigenvalue weighted by atomic mass is 127. The van der Waals surface area contributed by atoms with Gasteiger partial charge in [0.2, 0.25) is 10.0 Å². The van der Waals surface area contributed by atoms with Gasteiger partial charge in [-0.2, -0.15) is 0 Å². The number of ether oxygens (including phenoxy) is 1. The van der Waals surface area contributed by atoms with Gasteiger partial charge in [0, 0.05) is 9.13 Å². The van der Waals surface area contributed by atoms with Crippen LogP contribution in [-0.2, 0) is 10.0 Å². The minimum absolute atomic E-state index is 0.131. The number of nitrogens with one attached hydrogen (secondary N) is 2. The lowest BCUT2D eigenvalue weighted by atomic mass is 10.0. The maximum absolute atomic E-state index is 14.8. The Balaban J connectivity index is 2.15. The molecule has 1 aliphatic rings. The lowest BCUT2D eigenvalue weighted by Crippen LogP contribution is -2.33. The Morgan fingerprint density at radius 1 is 1.14 bits per heavy atom. The number of anilines is 3. The first kappa shape index (κ1) is 21.0. The summed E-state index contributed by atoms with van der Waals surface area (Å²) in [4.78, 5) is 0. The molecule has 3 rings (SSSR count). The summed E-state index contributed by atoms with van der Waals surface area (Å²) in [6, 6.07) is 4.13. The number of sulfonamides is 1. The molecular formula is C18H18F3IN2O3S. The molecule has 0 atom stereocenters. The second-order valence-corrected chi connectivity index (χ2v) is 9.69. The molecule has 1 saturated carbocycles. The fourth-order valence-corrected chi connectivity index (χ4v) is 4.94. The normalized spacial score (nSPS) is 14.5. The van der Waals surface area contributed by atoms with Crippen LogP contribution in [0.1, 0.15) is 24.8 Å². The molecular weight excluding hydrogens is 508 g/mol. The van der Waals surface area contributed by atoms with Crippen molar-refractivity contribution in [2.75, 3.05) is 17.1 Å². The molecule has 0 amide bonds. The fraction of sp³-hybridized carbons (Fsp3) is 0.333. The summed E-state index contributed by atoms with van der Waals surface area (Å²) >= 11 is 1.91. The first-order valence-corrected chi connectivity index (χ1v) is 11.1. The highest BCUT2D eigenvalue weighted by molar-refractivity contribution is 14.1. The van der Waals surface area contributed by atoms with Gasteiger partial charge >= 0.3 is 0 Å². The second kappa shape index (κ2) is 7.97. The predicted molar refractivity (Wildman–Crippen MR) is 110 cm³/mol. The van der Waals surface area contributed by atoms with E-state index in [4.69, 9.17) is 4.74 Å². The molecule has 0 unspecified atom stereocenters. The molecule has 1 aliphatic carbocycles. The zero-order chi connectivity index (χ0) is 20.6. The van der Waals surface area contributed by atoms with Crippen LogP contribution in [0, 0.1) is 27.9 Å². The molecule has 2 aromatic carbocycles. The SMILES string of the molecule is COc1c(C)c(F)c(F)c(Nc2ccc(I)cc2F)c1NS(=O)(=O)C1CCC1. The third kappa shape index (κ3) is 3.88. The van der Waals surface area contributed by atoms with Crippen LogP contribution in [0.3, 0.4) is 0 Å². The Hall–Kier alpha value is -1.69. The molecule has 0 radical (unpaired) electrons. The van der Waals surface area contributed by atoms with E-state index in [1.165, 1.54) is 26.2 Å². The van der Waals surface area contributed by atoms with Gasteiger partial charge in [-0.05, 0) is 60.6 Å². The summed E-state index contributed by atoms with van der Waals surface area (Å²) < 4.78 is 76.6. The van der Waals surface area contributed by atoms with E-state index in [1.54, 1.807) is 6.07 Å². The molecule has 2 N–H and O–H groups in total. The first-order valence-electron chi connectivity index (χ1n) is 8.45. The van der Waals surface area contributed by atoms with Gasteiger partial charge in [0.25, 0.3) is 0 Å². The molecule has 152 valence electrons. The molecule has 0 spiro atoms. The van der Waals surface area contributed by atoms with E-state index in [0.29, 0.717) is 16.4 Å². The van der Waals surface area contributed by atoms with E-state index in [0.717, 1.165) is 6.42 Å². The van der Waals surface area contributed by atoms with Crippen molar-refractivity contribution in [2.45, 2.75) is 31.4 Å². The number of halogens is 4. The first-order chi connectivity index (χ1) is 13.2. The number of hydrogen-bond acceptors (Lipinski definition) is 4. The lowest BCUT2D eigenvalue weighted by molar-refractivity contribution is 0.404. The molecule has 0 heterocycles. The van der Waals surface area contributed by atoms with Gasteiger partial charge in [0.15, 0.2) is 17.4 Å². The molecule has 10 heteroatoms. The van der Waals surface area contributed by atoms with Gasteiger partial charge in [-0.1, -0.05) is 6.42 Å². The fourth-order valence-electron chi connectivity index (χ4n) is 2.89. The van der Waals surface area contributed by atoms with Crippen LogP contribution in [0.5, 0.6) is 5.75 Å². The summed E-state index contributed by atoms with van der Waals surface area (Å²) in [6.07, 6.45) is 1.74. The highest BCUT2D eigenvalue weighted by Crippen LogP contribution is 2.43. The summed E-state index contributed by atoms with van der Waals surface area (Å²) in [7, 11) is -2.62. The average molecular weight is 526 g/mol. The average Bonchev–Trinajstić information content (AvgIpc) is 2.56. The molecule has 5 nitrogen and oxygen atoms in total. The van der Waals surface area contributed by atoms with Crippen molar-refractivity contribution in [3.63, 3.8) is 0 Å². The molecule has 28 heavy (non-hydrogen) atoms. The van der Waals surface area contributed by atoms with E-state index < -0.39 is 38.4 Å². The number of rotatable bonds is 6. The monoisotopic (exact) mass is 526 g/mol. The summed E-state index contributed by atoms with van der Waals surface area (Å²) in [5.41, 5.74) is -1.15. The van der Waals surface area contributed by atoms with Crippen molar-refractivity contribution in [2.24, 2.45) is 0 Å². The largest absolute Gasteiger partial charge is 0.494 e. The van der Waals surface area contributed by atoms with Gasteiger partial charge in [0.05, 0.1) is 18.0 Å². The molecule has 0 bridgehead atoms. The Morgan fingerprint density at radius 3 is 2.36 bits per heavy atom. The van der Waals surface area contributed by atoms with Gasteiger partial charge in [-0.15, -0.1) is 0 Å². The summed E-state index contributed by atoms with van der Waals surface area (Å²) in [5, 5.41) is 1.86. The van der Waals surface area contributed by atoms with Gasteiger partial charge in [-0.25, -0.2) is 21.6 Å². The van der Waals surface area contributed by atoms with Gasteiger partial charge < -0.3 is 10.1 Å². The van der Waals surface area contributed by atoms with Crippen LogP contribution in [0.2, 0.25) is 0 Å². The quantitative estimate of drug-likeness (QED) is 0.517. The Bertz CT molecular complexity index is 1030. The van der Waals surface area contributed by atoms with E-state index in [1.807, 2.05) is 22.6 Å². The highest BCUT2D eigenvalue weighted by Gasteiger charge is 2.34. The topological polar surface area (TPSA) is 67.4 Å². The van der Waals surface area contributed by atoms with Crippen LogP contribution < -0.4 is 14.8 Å². The van der Waals surface area contributed by atoms with Crippen LogP contribution in [0.15, 0.2) is 18.2 Å². The third-order valence-corrected chi connectivity index (χ3v) is 7.20. The minimum Gasteiger partial charge on any atom is -0.494 e. The van der Waals surface area contributed by atoms with Crippen molar-refractivity contribution in [3.05, 3.63) is 44.8 Å². The number of benzene rings is 2. The van der Waals surface area contributed by atoms with Crippen LogP contribution in [0.25, 0.3) is 0 Å². The Kier molecular flexibility index (Phi) is 5.99. The smallest absolute Gasteiger partial charge is 0.235 e. The van der Waals surface area contributed by atoms with Gasteiger partial charge in [0.1, 0.15) is 17.2 Å². The summed E-state index contributed by atoms with van der Waals surface area (Å²) in [6.45, 7) is 1.27. The van der Waals surface area contributed by atoms with Crippen molar-refractivity contribution >= 4 is 49.7 Å². The van der Waals surface area contributed by atoms with Crippen molar-refractivity contribution in [1.82, 2.24) is 0 Å². The van der Waals surface area contributed by atoms with Crippen LogP contribution in [-0.4, -0.2) is 20.8 Å². The van der Waals surface area contributed by atoms with E-state index in [9.17, 15) is 21.6 Å². The maximum atomic E-state index is 14.8. The lowest BCUT2D eigenvalue weighted by Gasteiger charge is -2.27. The number of methoxy groups -OCH3 is 1. The summed E-state index contributed by atoms with van der Waals surface area (Å²) in [5.74, 6) is -3.41. The van der Waals surface area contributed by atoms with E-state index in [-0.39, 0.29) is 22.7 Å². The van der Waals surface area contributed by atoms with E-state index >= 15 is 0 Å². The number of hydrogen-bond donors (Lipinski definition) is 2. The Labute approximate surface area is 174 Å². The van der Waals surface area contributed by atoms with Crippen molar-refractivity contribution in [3.8, 4) is 5.75 Å². The van der Waals surface area contributed by atoms with Crippen LogP contribution >= 0.6 is 22.6 Å². The maximum Gasteiger partial charge on any atom is 0.235 e. The zero-order valence-electron chi connectivity index (χ0n) is 15.1. The molecule has 2 aromatic rings. The van der Waals surface area contributed by atoms with Crippen molar-refractivity contribution < 1.29 is 26.3 Å². The zero-order valence-corrected chi connectivity index (χ0v) is 18.0. The molecule has 1 fully saturated rings. The standard InChI is InChI=1S/C18H18F3IN2O3S/c1-9-14(20)15(21)16(23-13-7-6-10(22)8-12(13)19)17(18(9)27-2)24-28(25,26)11-4-3-5-11/h6-8,11,23-24H,3-5H2,1-2H3.